The molecular weight excluding hydrogens is 414 g/mol. The lowest BCUT2D eigenvalue weighted by atomic mass is 10.0. The first-order valence-electron chi connectivity index (χ1n) is 10.3. The lowest BCUT2D eigenvalue weighted by Gasteiger charge is -2.33. The standard InChI is InChI=1S/C23H25N3O4S/c1-16-6-12-20(13-7-16)31(28,29)26-14-4-3-5-21(26)23(27)25-19-10-8-18(9-11-19)22-15-24-17(2)30-22/h6-13,15,21H,3-5,14H2,1-2H3,(H,25,27)/t21-/m1/s1. The van der Waals surface area contributed by atoms with Gasteiger partial charge in [-0.2, -0.15) is 4.31 Å². The van der Waals surface area contributed by atoms with Gasteiger partial charge in [0.15, 0.2) is 11.7 Å². The largest absolute Gasteiger partial charge is 0.441 e. The summed E-state index contributed by atoms with van der Waals surface area (Å²) in [5, 5.41) is 2.87. The summed E-state index contributed by atoms with van der Waals surface area (Å²) >= 11 is 0. The van der Waals surface area contributed by atoms with Crippen LogP contribution in [0.3, 0.4) is 0 Å². The van der Waals surface area contributed by atoms with E-state index in [0.29, 0.717) is 30.3 Å². The first-order chi connectivity index (χ1) is 14.8. The predicted octanol–water partition coefficient (Wildman–Crippen LogP) is 4.14. The van der Waals surface area contributed by atoms with Crippen molar-refractivity contribution in [2.45, 2.75) is 44.0 Å². The SMILES string of the molecule is Cc1ccc(S(=O)(=O)N2CCCC[C@@H]2C(=O)Nc2ccc(-c3cnc(C)o3)cc2)cc1. The molecule has 0 spiro atoms. The molecule has 0 unspecified atom stereocenters. The number of hydrogen-bond acceptors (Lipinski definition) is 5. The number of piperidine rings is 1. The van der Waals surface area contributed by atoms with Gasteiger partial charge in [0.05, 0.1) is 11.1 Å². The molecule has 31 heavy (non-hydrogen) atoms. The number of rotatable bonds is 5. The number of anilines is 1. The molecule has 3 aromatic rings. The van der Waals surface area contributed by atoms with Crippen molar-refractivity contribution < 1.29 is 17.6 Å². The predicted molar refractivity (Wildman–Crippen MR) is 118 cm³/mol. The van der Waals surface area contributed by atoms with E-state index < -0.39 is 16.1 Å². The summed E-state index contributed by atoms with van der Waals surface area (Å²) < 4.78 is 33.2. The minimum atomic E-state index is -3.75. The van der Waals surface area contributed by atoms with E-state index in [4.69, 9.17) is 4.42 Å². The van der Waals surface area contributed by atoms with Gasteiger partial charge in [0.25, 0.3) is 0 Å². The van der Waals surface area contributed by atoms with Crippen molar-refractivity contribution >= 4 is 21.6 Å². The van der Waals surface area contributed by atoms with Crippen molar-refractivity contribution in [2.24, 2.45) is 0 Å². The maximum Gasteiger partial charge on any atom is 0.243 e. The van der Waals surface area contributed by atoms with Crippen molar-refractivity contribution in [1.29, 1.82) is 0 Å². The molecule has 2 aromatic carbocycles. The number of amides is 1. The number of aromatic nitrogens is 1. The summed E-state index contributed by atoms with van der Waals surface area (Å²) in [7, 11) is -3.75. The van der Waals surface area contributed by atoms with Crippen LogP contribution < -0.4 is 5.32 Å². The Morgan fingerprint density at radius 1 is 1.06 bits per heavy atom. The summed E-state index contributed by atoms with van der Waals surface area (Å²) in [4.78, 5) is 17.3. The van der Waals surface area contributed by atoms with Gasteiger partial charge in [-0.25, -0.2) is 13.4 Å². The van der Waals surface area contributed by atoms with Crippen LogP contribution in [0.5, 0.6) is 0 Å². The molecule has 1 aliphatic heterocycles. The second-order valence-corrected chi connectivity index (χ2v) is 9.64. The maximum atomic E-state index is 13.2. The van der Waals surface area contributed by atoms with E-state index in [0.717, 1.165) is 24.0 Å². The number of hydrogen-bond donors (Lipinski definition) is 1. The molecule has 8 heteroatoms. The van der Waals surface area contributed by atoms with Gasteiger partial charge in [0.1, 0.15) is 6.04 Å². The Labute approximate surface area is 182 Å². The molecule has 4 rings (SSSR count). The van der Waals surface area contributed by atoms with E-state index in [-0.39, 0.29) is 10.8 Å². The normalized spacial score (nSPS) is 17.4. The smallest absolute Gasteiger partial charge is 0.243 e. The van der Waals surface area contributed by atoms with E-state index in [1.54, 1.807) is 49.5 Å². The van der Waals surface area contributed by atoms with Crippen LogP contribution in [0.15, 0.2) is 64.0 Å². The highest BCUT2D eigenvalue weighted by Crippen LogP contribution is 2.27. The Morgan fingerprint density at radius 2 is 1.77 bits per heavy atom. The Balaban J connectivity index is 1.51. The average molecular weight is 440 g/mol. The molecule has 7 nitrogen and oxygen atoms in total. The van der Waals surface area contributed by atoms with Crippen LogP contribution in [0, 0.1) is 13.8 Å². The van der Waals surface area contributed by atoms with E-state index in [1.807, 2.05) is 19.1 Å². The second kappa shape index (κ2) is 8.64. The monoisotopic (exact) mass is 439 g/mol. The van der Waals surface area contributed by atoms with Crippen molar-refractivity contribution in [3.63, 3.8) is 0 Å². The Bertz CT molecular complexity index is 1170. The second-order valence-electron chi connectivity index (χ2n) is 7.75. The number of sulfonamides is 1. The number of nitrogens with zero attached hydrogens (tertiary/aromatic N) is 2. The molecule has 0 aliphatic carbocycles. The summed E-state index contributed by atoms with van der Waals surface area (Å²) in [5.41, 5.74) is 2.43. The Morgan fingerprint density at radius 3 is 2.42 bits per heavy atom. The van der Waals surface area contributed by atoms with Crippen LogP contribution in [-0.4, -0.2) is 36.2 Å². The molecule has 1 amide bonds. The van der Waals surface area contributed by atoms with Crippen LogP contribution in [-0.2, 0) is 14.8 Å². The van der Waals surface area contributed by atoms with Crippen molar-refractivity contribution in [1.82, 2.24) is 9.29 Å². The van der Waals surface area contributed by atoms with Crippen molar-refractivity contribution in [3.05, 3.63) is 66.2 Å². The van der Waals surface area contributed by atoms with Gasteiger partial charge < -0.3 is 9.73 Å². The van der Waals surface area contributed by atoms with Crippen LogP contribution in [0.1, 0.15) is 30.7 Å². The van der Waals surface area contributed by atoms with Crippen LogP contribution in [0.25, 0.3) is 11.3 Å². The number of aryl methyl sites for hydroxylation is 2. The average Bonchev–Trinajstić information content (AvgIpc) is 3.21. The van der Waals surface area contributed by atoms with Gasteiger partial charge in [0, 0.05) is 24.7 Å². The zero-order chi connectivity index (χ0) is 22.0. The lowest BCUT2D eigenvalue weighted by Crippen LogP contribution is -2.49. The van der Waals surface area contributed by atoms with E-state index in [2.05, 4.69) is 10.3 Å². The molecule has 162 valence electrons. The molecule has 1 fully saturated rings. The summed E-state index contributed by atoms with van der Waals surface area (Å²) in [6, 6.07) is 13.2. The van der Waals surface area contributed by atoms with Gasteiger partial charge >= 0.3 is 0 Å². The fourth-order valence-corrected chi connectivity index (χ4v) is 5.40. The van der Waals surface area contributed by atoms with Crippen LogP contribution in [0.4, 0.5) is 5.69 Å². The third-order valence-corrected chi connectivity index (χ3v) is 7.36. The zero-order valence-corrected chi connectivity index (χ0v) is 18.4. The fraction of sp³-hybridized carbons (Fsp3) is 0.304. The number of benzene rings is 2. The van der Waals surface area contributed by atoms with Crippen molar-refractivity contribution in [2.75, 3.05) is 11.9 Å². The molecule has 1 saturated heterocycles. The van der Waals surface area contributed by atoms with Gasteiger partial charge in [-0.1, -0.05) is 24.1 Å². The summed E-state index contributed by atoms with van der Waals surface area (Å²) in [6.45, 7) is 4.01. The van der Waals surface area contributed by atoms with Gasteiger partial charge in [-0.05, 0) is 56.2 Å². The molecule has 1 aliphatic rings. The Kier molecular flexibility index (Phi) is 5.93. The van der Waals surface area contributed by atoms with E-state index in [9.17, 15) is 13.2 Å². The molecule has 0 bridgehead atoms. The minimum Gasteiger partial charge on any atom is -0.441 e. The minimum absolute atomic E-state index is 0.213. The lowest BCUT2D eigenvalue weighted by molar-refractivity contribution is -0.120. The first kappa shape index (κ1) is 21.3. The third-order valence-electron chi connectivity index (χ3n) is 5.44. The van der Waals surface area contributed by atoms with Gasteiger partial charge in [-0.3, -0.25) is 4.79 Å². The summed E-state index contributed by atoms with van der Waals surface area (Å²) in [6.07, 6.45) is 3.69. The molecular formula is C23H25N3O4S. The molecule has 0 saturated carbocycles. The highest BCUT2D eigenvalue weighted by Gasteiger charge is 2.37. The van der Waals surface area contributed by atoms with Gasteiger partial charge in [-0.15, -0.1) is 0 Å². The van der Waals surface area contributed by atoms with Crippen LogP contribution >= 0.6 is 0 Å². The summed E-state index contributed by atoms with van der Waals surface area (Å²) in [5.74, 6) is 0.913. The first-order valence-corrected chi connectivity index (χ1v) is 11.7. The quantitative estimate of drug-likeness (QED) is 0.645. The third kappa shape index (κ3) is 4.55. The maximum absolute atomic E-state index is 13.2. The molecule has 1 aromatic heterocycles. The number of carbonyl (C=O) groups is 1. The van der Waals surface area contributed by atoms with Crippen molar-refractivity contribution in [3.8, 4) is 11.3 Å². The zero-order valence-electron chi connectivity index (χ0n) is 17.5. The number of carbonyl (C=O) groups excluding carboxylic acids is 1. The van der Waals surface area contributed by atoms with E-state index in [1.165, 1.54) is 4.31 Å². The number of oxazole rings is 1. The number of nitrogens with one attached hydrogen (secondary N) is 1. The molecule has 1 atom stereocenters. The highest BCUT2D eigenvalue weighted by molar-refractivity contribution is 7.89. The van der Waals surface area contributed by atoms with Gasteiger partial charge in [0.2, 0.25) is 15.9 Å². The molecule has 0 radical (unpaired) electrons. The van der Waals surface area contributed by atoms with E-state index >= 15 is 0 Å². The van der Waals surface area contributed by atoms with Crippen LogP contribution in [0.2, 0.25) is 0 Å². The highest BCUT2D eigenvalue weighted by atomic mass is 32.2. The molecule has 2 heterocycles. The fourth-order valence-electron chi connectivity index (χ4n) is 3.74. The molecule has 1 N–H and O–H groups in total. The topological polar surface area (TPSA) is 92.5 Å². The Hall–Kier alpha value is -2.97.